The Kier molecular flexibility index (Phi) is 2.80. The van der Waals surface area contributed by atoms with Crippen molar-refractivity contribution in [3.63, 3.8) is 0 Å². The van der Waals surface area contributed by atoms with Gasteiger partial charge in [-0.1, -0.05) is 6.92 Å². The molecule has 0 saturated carbocycles. The lowest BCUT2D eigenvalue weighted by molar-refractivity contribution is -0.0978. The van der Waals surface area contributed by atoms with Gasteiger partial charge < -0.3 is 10.1 Å². The highest BCUT2D eigenvalue weighted by atomic mass is 32.1. The van der Waals surface area contributed by atoms with E-state index < -0.39 is 0 Å². The Bertz CT molecular complexity index is 368. The molecule has 0 aromatic carbocycles. The van der Waals surface area contributed by atoms with E-state index in [2.05, 4.69) is 12.2 Å². The smallest absolute Gasteiger partial charge is 0.261 e. The topological polar surface area (TPSA) is 38.3 Å². The van der Waals surface area contributed by atoms with Gasteiger partial charge in [-0.15, -0.1) is 11.3 Å². The van der Waals surface area contributed by atoms with E-state index in [1.807, 2.05) is 18.4 Å². The molecule has 15 heavy (non-hydrogen) atoms. The first-order chi connectivity index (χ1) is 7.11. The highest BCUT2D eigenvalue weighted by molar-refractivity contribution is 7.12. The van der Waals surface area contributed by atoms with Crippen LogP contribution in [0.3, 0.4) is 0 Å². The molecule has 1 amide bonds. The molecule has 1 fully saturated rings. The molecule has 1 aromatic rings. The van der Waals surface area contributed by atoms with Crippen molar-refractivity contribution in [3.8, 4) is 0 Å². The Balaban J connectivity index is 1.90. The van der Waals surface area contributed by atoms with Gasteiger partial charge in [0.05, 0.1) is 18.1 Å². The van der Waals surface area contributed by atoms with Crippen LogP contribution in [0.2, 0.25) is 0 Å². The Hall–Kier alpha value is -0.870. The minimum absolute atomic E-state index is 0.0376. The SMILES string of the molecule is Cc1ccsc1C(=O)NCC1(C)COC1. The molecule has 1 aliphatic heterocycles. The Labute approximate surface area is 93.4 Å². The summed E-state index contributed by atoms with van der Waals surface area (Å²) in [5, 5.41) is 4.90. The average Bonchev–Trinajstić information content (AvgIpc) is 2.58. The van der Waals surface area contributed by atoms with Gasteiger partial charge in [0, 0.05) is 12.0 Å². The van der Waals surface area contributed by atoms with Crippen LogP contribution in [0.1, 0.15) is 22.2 Å². The van der Waals surface area contributed by atoms with Gasteiger partial charge in [-0.05, 0) is 23.9 Å². The van der Waals surface area contributed by atoms with Crippen LogP contribution in [0.15, 0.2) is 11.4 Å². The van der Waals surface area contributed by atoms with E-state index >= 15 is 0 Å². The minimum atomic E-state index is 0.0376. The molecule has 0 atom stereocenters. The predicted molar refractivity (Wildman–Crippen MR) is 60.3 cm³/mol. The molecule has 2 rings (SSSR count). The maximum absolute atomic E-state index is 11.8. The molecule has 1 aliphatic rings. The fourth-order valence-corrected chi connectivity index (χ4v) is 2.37. The summed E-state index contributed by atoms with van der Waals surface area (Å²) in [6.45, 7) is 6.27. The molecule has 82 valence electrons. The number of amides is 1. The first-order valence-corrected chi connectivity index (χ1v) is 5.89. The van der Waals surface area contributed by atoms with E-state index in [9.17, 15) is 4.79 Å². The maximum atomic E-state index is 11.8. The lowest BCUT2D eigenvalue weighted by Gasteiger charge is -2.37. The van der Waals surface area contributed by atoms with Crippen LogP contribution in [0, 0.1) is 12.3 Å². The minimum Gasteiger partial charge on any atom is -0.380 e. The van der Waals surface area contributed by atoms with Gasteiger partial charge >= 0.3 is 0 Å². The summed E-state index contributed by atoms with van der Waals surface area (Å²) in [6, 6.07) is 1.97. The van der Waals surface area contributed by atoms with Crippen LogP contribution in [0.4, 0.5) is 0 Å². The zero-order valence-electron chi connectivity index (χ0n) is 9.00. The predicted octanol–water partition coefficient (Wildman–Crippen LogP) is 1.82. The standard InChI is InChI=1S/C11H15NO2S/c1-8-3-4-15-9(8)10(13)12-5-11(2)6-14-7-11/h3-4H,5-7H2,1-2H3,(H,12,13). The number of carbonyl (C=O) groups excluding carboxylic acids is 1. The monoisotopic (exact) mass is 225 g/mol. The number of nitrogens with one attached hydrogen (secondary N) is 1. The molecule has 1 aromatic heterocycles. The van der Waals surface area contributed by atoms with Crippen molar-refractivity contribution in [3.05, 3.63) is 21.9 Å². The molecule has 0 radical (unpaired) electrons. The lowest BCUT2D eigenvalue weighted by Crippen LogP contribution is -2.48. The van der Waals surface area contributed by atoms with E-state index in [1.165, 1.54) is 11.3 Å². The summed E-state index contributed by atoms with van der Waals surface area (Å²) < 4.78 is 5.14. The number of carbonyl (C=O) groups is 1. The molecule has 4 heteroatoms. The van der Waals surface area contributed by atoms with E-state index in [4.69, 9.17) is 4.74 Å². The van der Waals surface area contributed by atoms with Crippen molar-refractivity contribution in [2.45, 2.75) is 13.8 Å². The van der Waals surface area contributed by atoms with Gasteiger partial charge in [0.25, 0.3) is 5.91 Å². The third kappa shape index (κ3) is 2.21. The highest BCUT2D eigenvalue weighted by Gasteiger charge is 2.33. The summed E-state index contributed by atoms with van der Waals surface area (Å²) in [5.41, 5.74) is 1.19. The van der Waals surface area contributed by atoms with Crippen LogP contribution in [0.5, 0.6) is 0 Å². The van der Waals surface area contributed by atoms with Crippen LogP contribution < -0.4 is 5.32 Å². The van der Waals surface area contributed by atoms with Crippen molar-refractivity contribution in [2.24, 2.45) is 5.41 Å². The first kappa shape index (κ1) is 10.6. The second-order valence-electron chi connectivity index (χ2n) is 4.42. The van der Waals surface area contributed by atoms with Crippen molar-refractivity contribution < 1.29 is 9.53 Å². The largest absolute Gasteiger partial charge is 0.380 e. The number of hydrogen-bond acceptors (Lipinski definition) is 3. The average molecular weight is 225 g/mol. The Morgan fingerprint density at radius 2 is 2.40 bits per heavy atom. The van der Waals surface area contributed by atoms with Gasteiger partial charge in [0.15, 0.2) is 0 Å². The third-order valence-electron chi connectivity index (χ3n) is 2.65. The first-order valence-electron chi connectivity index (χ1n) is 5.01. The van der Waals surface area contributed by atoms with Crippen molar-refractivity contribution in [2.75, 3.05) is 19.8 Å². The second-order valence-corrected chi connectivity index (χ2v) is 5.33. The zero-order chi connectivity index (χ0) is 10.9. The molecule has 1 N–H and O–H groups in total. The van der Waals surface area contributed by atoms with E-state index in [-0.39, 0.29) is 11.3 Å². The molecular weight excluding hydrogens is 210 g/mol. The van der Waals surface area contributed by atoms with Crippen LogP contribution in [-0.4, -0.2) is 25.7 Å². The quantitative estimate of drug-likeness (QED) is 0.852. The molecule has 1 saturated heterocycles. The van der Waals surface area contributed by atoms with Crippen molar-refractivity contribution in [1.82, 2.24) is 5.32 Å². The fraction of sp³-hybridized carbons (Fsp3) is 0.545. The molecule has 0 bridgehead atoms. The highest BCUT2D eigenvalue weighted by Crippen LogP contribution is 2.25. The van der Waals surface area contributed by atoms with Crippen LogP contribution in [-0.2, 0) is 4.74 Å². The molecule has 3 nitrogen and oxygen atoms in total. The normalized spacial score (nSPS) is 18.3. The number of rotatable bonds is 3. The van der Waals surface area contributed by atoms with Crippen molar-refractivity contribution in [1.29, 1.82) is 0 Å². The molecule has 0 aliphatic carbocycles. The molecule has 0 spiro atoms. The Morgan fingerprint density at radius 1 is 1.67 bits per heavy atom. The number of ether oxygens (including phenoxy) is 1. The summed E-state index contributed by atoms with van der Waals surface area (Å²) in [7, 11) is 0. The summed E-state index contributed by atoms with van der Waals surface area (Å²) in [6.07, 6.45) is 0. The number of aryl methyl sites for hydroxylation is 1. The second kappa shape index (κ2) is 3.94. The molecular formula is C11H15NO2S. The zero-order valence-corrected chi connectivity index (χ0v) is 9.82. The molecule has 0 unspecified atom stereocenters. The summed E-state index contributed by atoms with van der Waals surface area (Å²) in [4.78, 5) is 12.6. The van der Waals surface area contributed by atoms with Gasteiger partial charge in [-0.25, -0.2) is 0 Å². The fourth-order valence-electron chi connectivity index (χ4n) is 1.53. The summed E-state index contributed by atoms with van der Waals surface area (Å²) in [5.74, 6) is 0.0376. The maximum Gasteiger partial charge on any atom is 0.261 e. The number of hydrogen-bond donors (Lipinski definition) is 1. The summed E-state index contributed by atoms with van der Waals surface area (Å²) >= 11 is 1.49. The van der Waals surface area contributed by atoms with Gasteiger partial charge in [-0.2, -0.15) is 0 Å². The third-order valence-corrected chi connectivity index (χ3v) is 3.66. The van der Waals surface area contributed by atoms with E-state index in [0.717, 1.165) is 23.7 Å². The Morgan fingerprint density at radius 3 is 2.87 bits per heavy atom. The van der Waals surface area contributed by atoms with Gasteiger partial charge in [-0.3, -0.25) is 4.79 Å². The lowest BCUT2D eigenvalue weighted by atomic mass is 9.89. The van der Waals surface area contributed by atoms with E-state index in [1.54, 1.807) is 0 Å². The van der Waals surface area contributed by atoms with E-state index in [0.29, 0.717) is 6.54 Å². The number of thiophene rings is 1. The molecule has 2 heterocycles. The van der Waals surface area contributed by atoms with Gasteiger partial charge in [0.2, 0.25) is 0 Å². The van der Waals surface area contributed by atoms with Crippen LogP contribution in [0.25, 0.3) is 0 Å². The van der Waals surface area contributed by atoms with Crippen LogP contribution >= 0.6 is 11.3 Å². The van der Waals surface area contributed by atoms with Crippen molar-refractivity contribution >= 4 is 17.2 Å². The van der Waals surface area contributed by atoms with Gasteiger partial charge in [0.1, 0.15) is 0 Å².